The van der Waals surface area contributed by atoms with Crippen LogP contribution in [0, 0.1) is 11.8 Å². The number of ether oxygens (including phenoxy) is 2. The number of carbonyl (C=O) groups excluding carboxylic acids is 3. The molecule has 0 aliphatic heterocycles. The quantitative estimate of drug-likeness (QED) is 0.735. The molecule has 0 radical (unpaired) electrons. The number of hydrogen-bond donors (Lipinski definition) is 1. The van der Waals surface area contributed by atoms with Crippen molar-refractivity contribution in [1.82, 2.24) is 5.32 Å². The molecule has 0 aromatic carbocycles. The highest BCUT2D eigenvalue weighted by molar-refractivity contribution is 7.14. The van der Waals surface area contributed by atoms with E-state index < -0.39 is 30.5 Å². The maximum atomic E-state index is 12.2. The van der Waals surface area contributed by atoms with Gasteiger partial charge in [-0.1, -0.05) is 27.2 Å². The van der Waals surface area contributed by atoms with Gasteiger partial charge in [0.1, 0.15) is 10.9 Å². The average molecular weight is 381 g/mol. The minimum atomic E-state index is -0.744. The summed E-state index contributed by atoms with van der Waals surface area (Å²) in [5.74, 6) is -0.955. The fourth-order valence-electron chi connectivity index (χ4n) is 3.02. The lowest BCUT2D eigenvalue weighted by molar-refractivity contribution is -0.147. The number of amides is 1. The highest BCUT2D eigenvalue weighted by Crippen LogP contribution is 2.32. The first-order valence-corrected chi connectivity index (χ1v) is 9.83. The van der Waals surface area contributed by atoms with E-state index in [-0.39, 0.29) is 5.92 Å². The number of hydrogen-bond acceptors (Lipinski definition) is 6. The normalized spacial score (nSPS) is 18.4. The number of aryl methyl sites for hydroxylation is 1. The van der Waals surface area contributed by atoms with E-state index in [1.54, 1.807) is 0 Å². The van der Waals surface area contributed by atoms with Gasteiger partial charge in [0.05, 0.1) is 7.11 Å². The lowest BCUT2D eigenvalue weighted by atomic mass is 9.90. The van der Waals surface area contributed by atoms with Crippen LogP contribution in [-0.2, 0) is 31.9 Å². The van der Waals surface area contributed by atoms with Crippen LogP contribution in [-0.4, -0.2) is 37.6 Å². The zero-order chi connectivity index (χ0) is 19.3. The molecule has 26 heavy (non-hydrogen) atoms. The number of carbonyl (C=O) groups is 3. The summed E-state index contributed by atoms with van der Waals surface area (Å²) in [6, 6.07) is 1.14. The summed E-state index contributed by atoms with van der Waals surface area (Å²) >= 11 is 1.45. The Bertz CT molecular complexity index is 669. The Morgan fingerprint density at radius 2 is 2.12 bits per heavy atom. The fourth-order valence-corrected chi connectivity index (χ4v) is 4.12. The lowest BCUT2D eigenvalue weighted by Gasteiger charge is -2.21. The molecular weight excluding hydrogens is 354 g/mol. The van der Waals surface area contributed by atoms with Crippen LogP contribution >= 0.6 is 11.3 Å². The number of methoxy groups -OCH3 is 1. The van der Waals surface area contributed by atoms with Gasteiger partial charge in [-0.2, -0.15) is 0 Å². The molecule has 1 aromatic heterocycles. The van der Waals surface area contributed by atoms with Crippen molar-refractivity contribution in [3.8, 4) is 0 Å². The summed E-state index contributed by atoms with van der Waals surface area (Å²) in [4.78, 5) is 37.9. The standard InChI is InChI=1S/C19H27NO5S/c1-5-12(3)17(19(23)24-4)20-16(21)10-25-18(22)15-9-13-8-11(2)6-7-14(13)26-15/h9,11-12,17H,5-8,10H2,1-4H3,(H,20,21)/t11-,12+,17+/m0/s1. The van der Waals surface area contributed by atoms with E-state index in [9.17, 15) is 14.4 Å². The van der Waals surface area contributed by atoms with E-state index in [4.69, 9.17) is 9.47 Å². The smallest absolute Gasteiger partial charge is 0.348 e. The Balaban J connectivity index is 1.90. The van der Waals surface area contributed by atoms with Crippen molar-refractivity contribution in [2.75, 3.05) is 13.7 Å². The molecule has 0 saturated carbocycles. The Labute approximate surface area is 158 Å². The summed E-state index contributed by atoms with van der Waals surface area (Å²) in [6.07, 6.45) is 3.81. The zero-order valence-corrected chi connectivity index (χ0v) is 16.6. The molecule has 0 unspecified atom stereocenters. The molecule has 0 fully saturated rings. The summed E-state index contributed by atoms with van der Waals surface area (Å²) in [5, 5.41) is 2.59. The summed E-state index contributed by atoms with van der Waals surface area (Å²) in [7, 11) is 1.28. The lowest BCUT2D eigenvalue weighted by Crippen LogP contribution is -2.47. The maximum absolute atomic E-state index is 12.2. The largest absolute Gasteiger partial charge is 0.467 e. The van der Waals surface area contributed by atoms with Crippen molar-refractivity contribution < 1.29 is 23.9 Å². The minimum absolute atomic E-state index is 0.0758. The molecule has 3 atom stereocenters. The average Bonchev–Trinajstić information content (AvgIpc) is 3.06. The number of fused-ring (bicyclic) bond motifs is 1. The first-order valence-electron chi connectivity index (χ1n) is 9.01. The van der Waals surface area contributed by atoms with Gasteiger partial charge in [0, 0.05) is 4.88 Å². The molecule has 1 N–H and O–H groups in total. The van der Waals surface area contributed by atoms with Gasteiger partial charge in [-0.15, -0.1) is 11.3 Å². The zero-order valence-electron chi connectivity index (χ0n) is 15.8. The van der Waals surface area contributed by atoms with Gasteiger partial charge in [-0.05, 0) is 42.7 Å². The highest BCUT2D eigenvalue weighted by Gasteiger charge is 2.27. The van der Waals surface area contributed by atoms with E-state index in [0.29, 0.717) is 17.2 Å². The topological polar surface area (TPSA) is 81.7 Å². The van der Waals surface area contributed by atoms with Crippen LogP contribution in [0.25, 0.3) is 0 Å². The second-order valence-corrected chi connectivity index (χ2v) is 8.07. The fraction of sp³-hybridized carbons (Fsp3) is 0.632. The Hall–Kier alpha value is -1.89. The Kier molecular flexibility index (Phi) is 7.20. The van der Waals surface area contributed by atoms with E-state index in [1.165, 1.54) is 28.9 Å². The molecule has 0 spiro atoms. The third kappa shape index (κ3) is 5.06. The molecule has 0 bridgehead atoms. The third-order valence-corrected chi connectivity index (χ3v) is 6.07. The van der Waals surface area contributed by atoms with Crippen LogP contribution in [0.15, 0.2) is 6.07 Å². The van der Waals surface area contributed by atoms with Crippen molar-refractivity contribution in [1.29, 1.82) is 0 Å². The van der Waals surface area contributed by atoms with Crippen molar-refractivity contribution >= 4 is 29.2 Å². The Morgan fingerprint density at radius 1 is 1.38 bits per heavy atom. The van der Waals surface area contributed by atoms with Gasteiger partial charge in [-0.3, -0.25) is 4.79 Å². The van der Waals surface area contributed by atoms with Crippen LogP contribution in [0.3, 0.4) is 0 Å². The molecule has 1 aromatic rings. The SMILES string of the molecule is CC[C@@H](C)[C@@H](NC(=O)COC(=O)c1cc2c(s1)CC[C@H](C)C2)C(=O)OC. The van der Waals surface area contributed by atoms with Crippen LogP contribution < -0.4 is 5.32 Å². The number of nitrogens with one attached hydrogen (secondary N) is 1. The van der Waals surface area contributed by atoms with E-state index in [2.05, 4.69) is 12.2 Å². The molecule has 1 aliphatic carbocycles. The van der Waals surface area contributed by atoms with E-state index in [1.807, 2.05) is 19.9 Å². The van der Waals surface area contributed by atoms with Crippen molar-refractivity contribution in [3.05, 3.63) is 21.4 Å². The molecule has 1 amide bonds. The minimum Gasteiger partial charge on any atom is -0.467 e. The van der Waals surface area contributed by atoms with Gasteiger partial charge in [0.25, 0.3) is 5.91 Å². The first-order chi connectivity index (χ1) is 12.3. The molecule has 6 nitrogen and oxygen atoms in total. The maximum Gasteiger partial charge on any atom is 0.348 e. The van der Waals surface area contributed by atoms with Gasteiger partial charge < -0.3 is 14.8 Å². The van der Waals surface area contributed by atoms with Crippen LogP contribution in [0.5, 0.6) is 0 Å². The van der Waals surface area contributed by atoms with Crippen LogP contribution in [0.2, 0.25) is 0 Å². The number of thiophene rings is 1. The van der Waals surface area contributed by atoms with Crippen molar-refractivity contribution in [2.45, 2.75) is 52.5 Å². The van der Waals surface area contributed by atoms with Crippen molar-refractivity contribution in [2.24, 2.45) is 11.8 Å². The second kappa shape index (κ2) is 9.16. The molecule has 1 aliphatic rings. The van der Waals surface area contributed by atoms with Gasteiger partial charge in [0.2, 0.25) is 0 Å². The molecular formula is C19H27NO5S. The molecule has 144 valence electrons. The van der Waals surface area contributed by atoms with Gasteiger partial charge in [0.15, 0.2) is 6.61 Å². The van der Waals surface area contributed by atoms with Crippen molar-refractivity contribution in [3.63, 3.8) is 0 Å². The monoisotopic (exact) mass is 381 g/mol. The molecule has 7 heteroatoms. The molecule has 0 saturated heterocycles. The second-order valence-electron chi connectivity index (χ2n) is 6.94. The van der Waals surface area contributed by atoms with Gasteiger partial charge >= 0.3 is 11.9 Å². The highest BCUT2D eigenvalue weighted by atomic mass is 32.1. The van der Waals surface area contributed by atoms with Crippen LogP contribution in [0.1, 0.15) is 53.7 Å². The molecule has 2 rings (SSSR count). The predicted molar refractivity (Wildman–Crippen MR) is 99.2 cm³/mol. The third-order valence-electron chi connectivity index (χ3n) is 4.85. The van der Waals surface area contributed by atoms with E-state index in [0.717, 1.165) is 19.3 Å². The number of rotatable bonds is 7. The predicted octanol–water partition coefficient (Wildman–Crippen LogP) is 2.73. The van der Waals surface area contributed by atoms with E-state index >= 15 is 0 Å². The Morgan fingerprint density at radius 3 is 2.77 bits per heavy atom. The summed E-state index contributed by atoms with van der Waals surface area (Å²) in [6.45, 7) is 5.57. The first kappa shape index (κ1) is 20.4. The summed E-state index contributed by atoms with van der Waals surface area (Å²) < 4.78 is 9.86. The molecule has 1 heterocycles. The summed E-state index contributed by atoms with van der Waals surface area (Å²) in [5.41, 5.74) is 1.22. The number of esters is 2. The van der Waals surface area contributed by atoms with Gasteiger partial charge in [-0.25, -0.2) is 9.59 Å². The van der Waals surface area contributed by atoms with Crippen LogP contribution in [0.4, 0.5) is 0 Å².